The molecule has 0 unspecified atom stereocenters. The van der Waals surface area contributed by atoms with Crippen LogP contribution >= 0.6 is 15.9 Å². The highest BCUT2D eigenvalue weighted by molar-refractivity contribution is 9.09. The number of hydrogen-bond donors (Lipinski definition) is 1. The van der Waals surface area contributed by atoms with Crippen LogP contribution in [0.4, 0.5) is 0 Å². The van der Waals surface area contributed by atoms with Gasteiger partial charge in [0.05, 0.1) is 6.04 Å². The van der Waals surface area contributed by atoms with Gasteiger partial charge in [-0.3, -0.25) is 4.79 Å². The number of alkyl halides is 1. The number of hydrogen-bond acceptors (Lipinski definition) is 1. The summed E-state index contributed by atoms with van der Waals surface area (Å²) in [5, 5.41) is 3.66. The van der Waals surface area contributed by atoms with E-state index >= 15 is 0 Å². The second-order valence-electron chi connectivity index (χ2n) is 3.64. The third-order valence-corrected chi connectivity index (χ3v) is 2.67. The molecule has 0 fully saturated rings. The Kier molecular flexibility index (Phi) is 4.82. The molecule has 1 N–H and O–H groups in total. The van der Waals surface area contributed by atoms with E-state index in [-0.39, 0.29) is 11.9 Å². The van der Waals surface area contributed by atoms with Gasteiger partial charge in [-0.05, 0) is 19.4 Å². The molecule has 15 heavy (non-hydrogen) atoms. The molecule has 1 rings (SSSR count). The molecule has 1 amide bonds. The molecule has 1 atom stereocenters. The largest absolute Gasteiger partial charge is 0.350 e. The zero-order chi connectivity index (χ0) is 11.3. The van der Waals surface area contributed by atoms with Crippen LogP contribution in [0.15, 0.2) is 24.3 Å². The van der Waals surface area contributed by atoms with Crippen LogP contribution in [0, 0.1) is 6.92 Å². The van der Waals surface area contributed by atoms with Crippen molar-refractivity contribution in [3.63, 3.8) is 0 Å². The van der Waals surface area contributed by atoms with Crippen molar-refractivity contribution >= 4 is 21.8 Å². The molecule has 82 valence electrons. The van der Waals surface area contributed by atoms with E-state index < -0.39 is 0 Å². The summed E-state index contributed by atoms with van der Waals surface area (Å²) in [5.74, 6) is 0.0833. The van der Waals surface area contributed by atoms with Gasteiger partial charge < -0.3 is 5.32 Å². The molecule has 0 aliphatic rings. The second kappa shape index (κ2) is 5.91. The standard InChI is InChI=1S/C12H16BrNO/c1-9-3-5-11(6-4-9)10(2)14-12(15)7-8-13/h3-6,10H,7-8H2,1-2H3,(H,14,15)/t10-/m0/s1. The van der Waals surface area contributed by atoms with Crippen LogP contribution in [0.2, 0.25) is 0 Å². The molecule has 0 aliphatic carbocycles. The number of rotatable bonds is 4. The fourth-order valence-corrected chi connectivity index (χ4v) is 1.70. The zero-order valence-corrected chi connectivity index (χ0v) is 10.7. The van der Waals surface area contributed by atoms with E-state index in [1.165, 1.54) is 5.56 Å². The zero-order valence-electron chi connectivity index (χ0n) is 9.09. The first-order valence-corrected chi connectivity index (χ1v) is 6.17. The van der Waals surface area contributed by atoms with Gasteiger partial charge in [0.2, 0.25) is 5.91 Å². The highest BCUT2D eigenvalue weighted by atomic mass is 79.9. The van der Waals surface area contributed by atoms with Crippen LogP contribution in [-0.4, -0.2) is 11.2 Å². The lowest BCUT2D eigenvalue weighted by Gasteiger charge is -2.14. The van der Waals surface area contributed by atoms with Crippen LogP contribution < -0.4 is 5.32 Å². The average molecular weight is 270 g/mol. The van der Waals surface area contributed by atoms with Crippen LogP contribution in [0.1, 0.15) is 30.5 Å². The molecule has 0 aliphatic heterocycles. The van der Waals surface area contributed by atoms with E-state index in [4.69, 9.17) is 0 Å². The maximum absolute atomic E-state index is 11.4. The Hall–Kier alpha value is -0.830. The summed E-state index contributed by atoms with van der Waals surface area (Å²) in [4.78, 5) is 11.4. The van der Waals surface area contributed by atoms with Gasteiger partial charge >= 0.3 is 0 Å². The van der Waals surface area contributed by atoms with Crippen molar-refractivity contribution in [2.24, 2.45) is 0 Å². The highest BCUT2D eigenvalue weighted by Crippen LogP contribution is 2.13. The van der Waals surface area contributed by atoms with Crippen LogP contribution in [0.25, 0.3) is 0 Å². The second-order valence-corrected chi connectivity index (χ2v) is 4.43. The van der Waals surface area contributed by atoms with E-state index in [0.717, 1.165) is 5.56 Å². The van der Waals surface area contributed by atoms with Gasteiger partial charge in [0.25, 0.3) is 0 Å². The van der Waals surface area contributed by atoms with Crippen molar-refractivity contribution in [1.82, 2.24) is 5.32 Å². The van der Waals surface area contributed by atoms with Gasteiger partial charge in [0, 0.05) is 11.8 Å². The Balaban J connectivity index is 2.57. The van der Waals surface area contributed by atoms with Gasteiger partial charge in [0.1, 0.15) is 0 Å². The van der Waals surface area contributed by atoms with Crippen LogP contribution in [0.3, 0.4) is 0 Å². The highest BCUT2D eigenvalue weighted by Gasteiger charge is 2.08. The minimum Gasteiger partial charge on any atom is -0.350 e. The summed E-state index contributed by atoms with van der Waals surface area (Å²) >= 11 is 3.24. The summed E-state index contributed by atoms with van der Waals surface area (Å²) in [5.41, 5.74) is 2.38. The summed E-state index contributed by atoms with van der Waals surface area (Å²) in [6.07, 6.45) is 0.524. The summed E-state index contributed by atoms with van der Waals surface area (Å²) in [6, 6.07) is 8.30. The van der Waals surface area contributed by atoms with E-state index in [1.54, 1.807) is 0 Å². The maximum Gasteiger partial charge on any atom is 0.221 e. The minimum atomic E-state index is 0.0807. The lowest BCUT2D eigenvalue weighted by atomic mass is 10.1. The summed E-state index contributed by atoms with van der Waals surface area (Å²) in [6.45, 7) is 4.05. The van der Waals surface area contributed by atoms with E-state index in [9.17, 15) is 4.79 Å². The molecule has 0 saturated carbocycles. The van der Waals surface area contributed by atoms with Crippen LogP contribution in [0.5, 0.6) is 0 Å². The Morgan fingerprint density at radius 2 is 2.00 bits per heavy atom. The number of carbonyl (C=O) groups is 1. The minimum absolute atomic E-state index is 0.0807. The number of nitrogens with one attached hydrogen (secondary N) is 1. The first kappa shape index (κ1) is 12.2. The van der Waals surface area contributed by atoms with E-state index in [2.05, 4.69) is 52.4 Å². The molecule has 1 aromatic rings. The van der Waals surface area contributed by atoms with Crippen molar-refractivity contribution in [2.75, 3.05) is 5.33 Å². The fourth-order valence-electron chi connectivity index (χ4n) is 1.34. The first-order chi connectivity index (χ1) is 7.13. The maximum atomic E-state index is 11.4. The topological polar surface area (TPSA) is 29.1 Å². The molecular formula is C12H16BrNO. The van der Waals surface area contributed by atoms with E-state index in [0.29, 0.717) is 11.8 Å². The Morgan fingerprint density at radius 3 is 2.53 bits per heavy atom. The average Bonchev–Trinajstić information content (AvgIpc) is 2.18. The Morgan fingerprint density at radius 1 is 1.40 bits per heavy atom. The molecule has 1 aromatic carbocycles. The Bertz CT molecular complexity index is 321. The normalized spacial score (nSPS) is 12.2. The lowest BCUT2D eigenvalue weighted by Crippen LogP contribution is -2.26. The van der Waals surface area contributed by atoms with Crippen molar-refractivity contribution < 1.29 is 4.79 Å². The fraction of sp³-hybridized carbons (Fsp3) is 0.417. The number of benzene rings is 1. The summed E-state index contributed by atoms with van der Waals surface area (Å²) < 4.78 is 0. The third-order valence-electron chi connectivity index (χ3n) is 2.28. The van der Waals surface area contributed by atoms with Gasteiger partial charge in [-0.1, -0.05) is 45.8 Å². The SMILES string of the molecule is Cc1ccc([C@H](C)NC(=O)CCBr)cc1. The monoisotopic (exact) mass is 269 g/mol. The van der Waals surface area contributed by atoms with Crippen molar-refractivity contribution in [3.05, 3.63) is 35.4 Å². The summed E-state index contributed by atoms with van der Waals surface area (Å²) in [7, 11) is 0. The predicted molar refractivity (Wildman–Crippen MR) is 66.1 cm³/mol. The Labute approximate surface area is 99.2 Å². The quantitative estimate of drug-likeness (QED) is 0.837. The van der Waals surface area contributed by atoms with Crippen LogP contribution in [-0.2, 0) is 4.79 Å². The molecule has 3 heteroatoms. The molecule has 0 radical (unpaired) electrons. The number of aryl methyl sites for hydroxylation is 1. The van der Waals surface area contributed by atoms with Crippen molar-refractivity contribution in [2.45, 2.75) is 26.3 Å². The molecule has 0 saturated heterocycles. The molecule has 0 bridgehead atoms. The molecular weight excluding hydrogens is 254 g/mol. The lowest BCUT2D eigenvalue weighted by molar-refractivity contribution is -0.121. The first-order valence-electron chi connectivity index (χ1n) is 5.05. The van der Waals surface area contributed by atoms with Gasteiger partial charge in [-0.2, -0.15) is 0 Å². The molecule has 0 spiro atoms. The van der Waals surface area contributed by atoms with Crippen molar-refractivity contribution in [3.8, 4) is 0 Å². The molecule has 2 nitrogen and oxygen atoms in total. The number of carbonyl (C=O) groups excluding carboxylic acids is 1. The smallest absolute Gasteiger partial charge is 0.221 e. The number of halogens is 1. The van der Waals surface area contributed by atoms with E-state index in [1.807, 2.05) is 6.92 Å². The van der Waals surface area contributed by atoms with Crippen molar-refractivity contribution in [1.29, 1.82) is 0 Å². The third kappa shape index (κ3) is 4.04. The van der Waals surface area contributed by atoms with Gasteiger partial charge in [0.15, 0.2) is 0 Å². The molecule has 0 heterocycles. The van der Waals surface area contributed by atoms with Gasteiger partial charge in [-0.25, -0.2) is 0 Å². The molecule has 0 aromatic heterocycles. The number of amides is 1. The predicted octanol–water partition coefficient (Wildman–Crippen LogP) is 2.96. The van der Waals surface area contributed by atoms with Gasteiger partial charge in [-0.15, -0.1) is 0 Å².